The molecule has 81 heavy (non-hydrogen) atoms. The van der Waals surface area contributed by atoms with Gasteiger partial charge in [0, 0.05) is 19.4 Å². The first kappa shape index (κ1) is 65.6. The minimum Gasteiger partial charge on any atom is -0.370 e. The van der Waals surface area contributed by atoms with Gasteiger partial charge in [-0.3, -0.25) is 57.5 Å². The number of hydrogen-bond acceptors (Lipinski definition) is 13. The van der Waals surface area contributed by atoms with E-state index in [4.69, 9.17) is 17.2 Å². The summed E-state index contributed by atoms with van der Waals surface area (Å²) in [5.41, 5.74) is 18.1. The first-order valence-electron chi connectivity index (χ1n) is 27.7. The molecule has 0 radical (unpaired) electrons. The molecule has 0 aromatic heterocycles. The molecule has 4 rings (SSSR count). The standard InChI is InChI=1S/C56H83N13O12/c1-30(2)24-37-48(73)60-33(7)56(81)69-23-15-21-43(69)54(79)67-40(27-35-18-12-9-13-19-35)50(75)64-39(26-34-16-10-8-11-17-34)49(74)65-42(29-45(59)71)52(77)66-41(28-44(58)70)51(76)63-38(25-31(3)4)53(78)68-46(32(5)6)55(80)61-36(20-14-22-57)47(72)62-37/h8-13,16-19,30-33,36-43,46H,14-15,20-29,57H2,1-7H3,(H2,58,70)(H2,59,71)(H,60,73)(H,61,80)(H,62,72)(H,63,76)(H,64,75)(H,65,74)(H,66,77)(H,67,79)(H,68,78)/t33-,36+,37+,38+,39-,40+,41+,42+,43+,46+/m1/s1. The first-order valence-corrected chi connectivity index (χ1v) is 27.7. The van der Waals surface area contributed by atoms with Gasteiger partial charge in [-0.15, -0.1) is 0 Å². The summed E-state index contributed by atoms with van der Waals surface area (Å²) in [6, 6.07) is 3.00. The highest BCUT2D eigenvalue weighted by Gasteiger charge is 2.41. The maximum Gasteiger partial charge on any atom is 0.245 e. The Morgan fingerprint density at radius 1 is 0.506 bits per heavy atom. The zero-order valence-electron chi connectivity index (χ0n) is 47.3. The number of primary amides is 2. The van der Waals surface area contributed by atoms with Crippen LogP contribution in [0, 0.1) is 17.8 Å². The number of rotatable bonds is 16. The number of fused-ring (bicyclic) bond motifs is 1. The van der Waals surface area contributed by atoms with Crippen molar-refractivity contribution in [3.05, 3.63) is 71.8 Å². The van der Waals surface area contributed by atoms with Crippen molar-refractivity contribution in [1.29, 1.82) is 0 Å². The predicted octanol–water partition coefficient (Wildman–Crippen LogP) is -1.90. The maximum absolute atomic E-state index is 14.6. The van der Waals surface area contributed by atoms with Crippen LogP contribution in [0.1, 0.15) is 111 Å². The number of hydrogen-bond donors (Lipinski definition) is 12. The molecule has 25 heteroatoms. The lowest BCUT2D eigenvalue weighted by Crippen LogP contribution is -2.62. The molecule has 444 valence electrons. The molecule has 2 fully saturated rings. The summed E-state index contributed by atoms with van der Waals surface area (Å²) in [7, 11) is 0. The molecule has 2 heterocycles. The molecule has 2 aliphatic rings. The Balaban J connectivity index is 1.84. The van der Waals surface area contributed by atoms with E-state index in [1.165, 1.54) is 11.8 Å². The molecule has 15 N–H and O–H groups in total. The second-order valence-electron chi connectivity index (χ2n) is 22.0. The van der Waals surface area contributed by atoms with Crippen LogP contribution in [0.25, 0.3) is 0 Å². The van der Waals surface area contributed by atoms with Gasteiger partial charge >= 0.3 is 0 Å². The highest BCUT2D eigenvalue weighted by molar-refractivity contribution is 6.01. The van der Waals surface area contributed by atoms with Gasteiger partial charge in [-0.05, 0) is 80.9 Å². The van der Waals surface area contributed by atoms with Crippen LogP contribution in [-0.4, -0.2) is 149 Å². The van der Waals surface area contributed by atoms with Crippen molar-refractivity contribution in [2.75, 3.05) is 13.1 Å². The minimum atomic E-state index is -1.83. The molecule has 2 aromatic rings. The van der Waals surface area contributed by atoms with Gasteiger partial charge in [-0.25, -0.2) is 0 Å². The Morgan fingerprint density at radius 3 is 1.32 bits per heavy atom. The van der Waals surface area contributed by atoms with Crippen LogP contribution >= 0.6 is 0 Å². The molecular formula is C56H83N13O12. The quantitative estimate of drug-likeness (QED) is 0.0875. The molecule has 0 bridgehead atoms. The van der Waals surface area contributed by atoms with Crippen LogP contribution in [0.2, 0.25) is 0 Å². The average molecular weight is 1130 g/mol. The van der Waals surface area contributed by atoms with E-state index < -0.39 is 150 Å². The third kappa shape index (κ3) is 20.9. The highest BCUT2D eigenvalue weighted by atomic mass is 16.2. The Hall–Kier alpha value is -7.96. The van der Waals surface area contributed by atoms with Crippen molar-refractivity contribution in [3.63, 3.8) is 0 Å². The first-order chi connectivity index (χ1) is 38.3. The van der Waals surface area contributed by atoms with Gasteiger partial charge in [-0.2, -0.15) is 0 Å². The van der Waals surface area contributed by atoms with Gasteiger partial charge in [0.2, 0.25) is 70.9 Å². The van der Waals surface area contributed by atoms with Crippen LogP contribution in [-0.2, 0) is 70.4 Å². The molecular weight excluding hydrogens is 1050 g/mol. The summed E-state index contributed by atoms with van der Waals surface area (Å²) in [6.07, 6.45) is -1.05. The number of nitrogens with zero attached hydrogens (tertiary/aromatic N) is 1. The second-order valence-corrected chi connectivity index (χ2v) is 22.0. The predicted molar refractivity (Wildman–Crippen MR) is 298 cm³/mol. The van der Waals surface area contributed by atoms with E-state index in [2.05, 4.69) is 47.9 Å². The van der Waals surface area contributed by atoms with Crippen LogP contribution in [0.15, 0.2) is 60.7 Å². The van der Waals surface area contributed by atoms with Gasteiger partial charge in [0.15, 0.2) is 0 Å². The number of benzene rings is 2. The van der Waals surface area contributed by atoms with Crippen molar-refractivity contribution in [3.8, 4) is 0 Å². The lowest BCUT2D eigenvalue weighted by molar-refractivity contribution is -0.142. The van der Waals surface area contributed by atoms with Crippen molar-refractivity contribution < 1.29 is 57.5 Å². The van der Waals surface area contributed by atoms with Gasteiger partial charge < -0.3 is 70.0 Å². The summed E-state index contributed by atoms with van der Waals surface area (Å²) in [4.78, 5) is 169. The zero-order chi connectivity index (χ0) is 60.1. The fraction of sp³-hybridized carbons (Fsp3) is 0.571. The second kappa shape index (κ2) is 31.7. The topological polar surface area (TPSA) is 394 Å². The van der Waals surface area contributed by atoms with Gasteiger partial charge in [0.1, 0.15) is 60.4 Å². The molecule has 25 nitrogen and oxygen atoms in total. The molecule has 12 amide bonds. The molecule has 2 saturated heterocycles. The number of carbonyl (C=O) groups is 12. The van der Waals surface area contributed by atoms with Crippen LogP contribution in [0.3, 0.4) is 0 Å². The monoisotopic (exact) mass is 1130 g/mol. The molecule has 10 atom stereocenters. The largest absolute Gasteiger partial charge is 0.370 e. The summed E-state index contributed by atoms with van der Waals surface area (Å²) >= 11 is 0. The lowest BCUT2D eigenvalue weighted by Gasteiger charge is -2.31. The van der Waals surface area contributed by atoms with Crippen molar-refractivity contribution in [2.24, 2.45) is 35.0 Å². The van der Waals surface area contributed by atoms with Gasteiger partial charge in [0.05, 0.1) is 12.8 Å². The maximum atomic E-state index is 14.6. The lowest BCUT2D eigenvalue weighted by atomic mass is 9.98. The van der Waals surface area contributed by atoms with E-state index in [-0.39, 0.29) is 69.9 Å². The third-order valence-corrected chi connectivity index (χ3v) is 13.7. The van der Waals surface area contributed by atoms with E-state index >= 15 is 0 Å². The van der Waals surface area contributed by atoms with Crippen LogP contribution < -0.4 is 65.1 Å². The van der Waals surface area contributed by atoms with Crippen molar-refractivity contribution in [2.45, 2.75) is 173 Å². The average Bonchev–Trinajstić information content (AvgIpc) is 3.91. The fourth-order valence-electron chi connectivity index (χ4n) is 9.54. The highest BCUT2D eigenvalue weighted by Crippen LogP contribution is 2.20. The SMILES string of the molecule is CC(C)C[C@@H]1NC(=O)[C@H](CC(N)=O)NC(=O)[C@H](CC(N)=O)NC(=O)[C@@H](Cc2ccccc2)NC(=O)[C@H](Cc2ccccc2)NC(=O)[C@@H]2CCCN2C(=O)[C@@H](C)NC(=O)[C@H](CC(C)C)NC(=O)[C@H](CCCN)NC(=O)[C@H](C(C)C)NC1=O. The van der Waals surface area contributed by atoms with Gasteiger partial charge in [0.25, 0.3) is 0 Å². The zero-order valence-corrected chi connectivity index (χ0v) is 47.3. The summed E-state index contributed by atoms with van der Waals surface area (Å²) in [5, 5.41) is 23.6. The van der Waals surface area contributed by atoms with E-state index in [0.29, 0.717) is 17.5 Å². The number of nitrogens with two attached hydrogens (primary N) is 3. The normalized spacial score (nSPS) is 25.7. The summed E-state index contributed by atoms with van der Waals surface area (Å²) < 4.78 is 0. The Labute approximate surface area is 472 Å². The van der Waals surface area contributed by atoms with Crippen LogP contribution in [0.4, 0.5) is 0 Å². The minimum absolute atomic E-state index is 0.0151. The van der Waals surface area contributed by atoms with E-state index in [1.807, 2.05) is 13.8 Å². The number of carbonyl (C=O) groups excluding carboxylic acids is 12. The van der Waals surface area contributed by atoms with Crippen LogP contribution in [0.5, 0.6) is 0 Å². The van der Waals surface area contributed by atoms with Crippen molar-refractivity contribution in [1.82, 2.24) is 52.8 Å². The fourth-order valence-corrected chi connectivity index (χ4v) is 9.54. The Morgan fingerprint density at radius 2 is 0.889 bits per heavy atom. The molecule has 0 saturated carbocycles. The van der Waals surface area contributed by atoms with Crippen molar-refractivity contribution >= 4 is 70.9 Å². The Kier molecular flexibility index (Phi) is 25.7. The molecule has 2 aromatic carbocycles. The molecule has 2 aliphatic heterocycles. The molecule has 0 spiro atoms. The van der Waals surface area contributed by atoms with Gasteiger partial charge in [-0.1, -0.05) is 102 Å². The number of nitrogens with one attached hydrogen (secondary N) is 9. The molecule has 0 unspecified atom stereocenters. The van der Waals surface area contributed by atoms with E-state index in [9.17, 15) is 57.5 Å². The van der Waals surface area contributed by atoms with E-state index in [0.717, 1.165) is 0 Å². The van der Waals surface area contributed by atoms with E-state index in [1.54, 1.807) is 88.4 Å². The molecule has 0 aliphatic carbocycles. The third-order valence-electron chi connectivity index (χ3n) is 13.7. The number of amides is 12. The summed E-state index contributed by atoms with van der Waals surface area (Å²) in [5.74, 6) is -11.8. The smallest absolute Gasteiger partial charge is 0.245 e. The Bertz CT molecular complexity index is 2550. The summed E-state index contributed by atoms with van der Waals surface area (Å²) in [6.45, 7) is 12.1.